The molecule has 0 bridgehead atoms. The highest BCUT2D eigenvalue weighted by Crippen LogP contribution is 2.48. The predicted molar refractivity (Wildman–Crippen MR) is 98.4 cm³/mol. The number of rotatable bonds is 2. The molecule has 0 N–H and O–H groups in total. The average Bonchev–Trinajstić information content (AvgIpc) is 2.53. The van der Waals surface area contributed by atoms with Crippen LogP contribution in [0.1, 0.15) is 49.0 Å². The van der Waals surface area contributed by atoms with Gasteiger partial charge in [-0.2, -0.15) is 0 Å². The van der Waals surface area contributed by atoms with Gasteiger partial charge in [-0.1, -0.05) is 36.7 Å². The molecule has 0 saturated carbocycles. The number of nitrogens with zero attached hydrogens (tertiary/aromatic N) is 1. The van der Waals surface area contributed by atoms with E-state index >= 15 is 0 Å². The van der Waals surface area contributed by atoms with Gasteiger partial charge in [0.05, 0.1) is 12.8 Å². The molecule has 1 amide bonds. The van der Waals surface area contributed by atoms with E-state index in [2.05, 4.69) is 26.8 Å². The van der Waals surface area contributed by atoms with Crippen LogP contribution in [-0.2, 0) is 0 Å². The first-order chi connectivity index (χ1) is 11.3. The van der Waals surface area contributed by atoms with Crippen molar-refractivity contribution in [3.05, 3.63) is 58.6 Å². The van der Waals surface area contributed by atoms with Gasteiger partial charge in [-0.25, -0.2) is 0 Å². The molecule has 3 nitrogen and oxygen atoms in total. The van der Waals surface area contributed by atoms with E-state index in [1.165, 1.54) is 0 Å². The number of amides is 1. The van der Waals surface area contributed by atoms with Crippen LogP contribution in [0.4, 0.5) is 5.69 Å². The first kappa shape index (κ1) is 16.8. The van der Waals surface area contributed by atoms with Gasteiger partial charge < -0.3 is 4.74 Å². The maximum atomic E-state index is 13.3. The fourth-order valence-corrected chi connectivity index (χ4v) is 3.91. The first-order valence-electron chi connectivity index (χ1n) is 8.12. The molecule has 0 radical (unpaired) electrons. The van der Waals surface area contributed by atoms with E-state index in [9.17, 15) is 4.79 Å². The third kappa shape index (κ3) is 2.78. The molecule has 1 heterocycles. The molecule has 0 fully saturated rings. The molecule has 1 aliphatic heterocycles. The van der Waals surface area contributed by atoms with E-state index < -0.39 is 0 Å². The van der Waals surface area contributed by atoms with Crippen LogP contribution in [-0.4, -0.2) is 18.6 Å². The molecule has 24 heavy (non-hydrogen) atoms. The van der Waals surface area contributed by atoms with Crippen molar-refractivity contribution < 1.29 is 9.53 Å². The quantitative estimate of drug-likeness (QED) is 0.742. The summed E-state index contributed by atoms with van der Waals surface area (Å²) in [5, 5.41) is 0.560. The van der Waals surface area contributed by atoms with Crippen molar-refractivity contribution in [2.24, 2.45) is 0 Å². The summed E-state index contributed by atoms with van der Waals surface area (Å²) in [6, 6.07) is 13.1. The molecule has 0 unspecified atom stereocenters. The number of fused-ring (bicyclic) bond motifs is 1. The summed E-state index contributed by atoms with van der Waals surface area (Å²) in [4.78, 5) is 15.2. The lowest BCUT2D eigenvalue weighted by atomic mass is 9.79. The van der Waals surface area contributed by atoms with Crippen molar-refractivity contribution in [1.29, 1.82) is 0 Å². The number of halogens is 1. The molecule has 126 valence electrons. The number of methoxy groups -OCH3 is 1. The Balaban J connectivity index is 2.19. The molecule has 0 saturated heterocycles. The number of para-hydroxylation sites is 1. The first-order valence-corrected chi connectivity index (χ1v) is 8.50. The lowest BCUT2D eigenvalue weighted by molar-refractivity contribution is 0.0952. The molecule has 1 aliphatic rings. The van der Waals surface area contributed by atoms with Crippen molar-refractivity contribution in [2.45, 2.75) is 38.6 Å². The van der Waals surface area contributed by atoms with Crippen LogP contribution in [0.5, 0.6) is 5.75 Å². The van der Waals surface area contributed by atoms with Crippen LogP contribution in [0.25, 0.3) is 0 Å². The Morgan fingerprint density at radius 2 is 1.96 bits per heavy atom. The second-order valence-electron chi connectivity index (χ2n) is 6.97. The second-order valence-corrected chi connectivity index (χ2v) is 7.40. The lowest BCUT2D eigenvalue weighted by Crippen LogP contribution is -2.51. The largest absolute Gasteiger partial charge is 0.495 e. The number of benzene rings is 2. The normalized spacial score (nSPS) is 18.9. The van der Waals surface area contributed by atoms with Gasteiger partial charge >= 0.3 is 0 Å². The van der Waals surface area contributed by atoms with E-state index in [0.29, 0.717) is 16.5 Å². The summed E-state index contributed by atoms with van der Waals surface area (Å²) in [5.74, 6) is 1.02. The summed E-state index contributed by atoms with van der Waals surface area (Å²) in [6.07, 6.45) is 0.888. The summed E-state index contributed by atoms with van der Waals surface area (Å²) in [7, 11) is 1.64. The summed E-state index contributed by atoms with van der Waals surface area (Å²) < 4.78 is 5.57. The SMILES string of the molecule is COc1cccc2c1N(C(=O)c1cccc(Cl)c1)C(C)(C)C[C@@H]2C. The minimum absolute atomic E-state index is 0.0554. The number of hydrogen-bond acceptors (Lipinski definition) is 2. The van der Waals surface area contributed by atoms with E-state index in [1.54, 1.807) is 31.4 Å². The van der Waals surface area contributed by atoms with Crippen LogP contribution in [0.15, 0.2) is 42.5 Å². The van der Waals surface area contributed by atoms with Gasteiger partial charge in [0.15, 0.2) is 0 Å². The lowest BCUT2D eigenvalue weighted by Gasteiger charge is -2.46. The molecule has 2 aromatic rings. The smallest absolute Gasteiger partial charge is 0.258 e. The Kier molecular flexibility index (Phi) is 4.31. The molecular weight excluding hydrogens is 322 g/mol. The van der Waals surface area contributed by atoms with Crippen LogP contribution in [0, 0.1) is 0 Å². The zero-order valence-electron chi connectivity index (χ0n) is 14.5. The standard InChI is InChI=1S/C20H22ClNO2/c1-13-12-20(2,3)22(18-16(13)9-6-10-17(18)24-4)19(23)14-7-5-8-15(21)11-14/h5-11,13H,12H2,1-4H3/t13-/m0/s1. The minimum Gasteiger partial charge on any atom is -0.495 e. The van der Waals surface area contributed by atoms with Crippen molar-refractivity contribution in [2.75, 3.05) is 12.0 Å². The molecule has 0 spiro atoms. The number of carbonyl (C=O) groups is 1. The van der Waals surface area contributed by atoms with Gasteiger partial charge in [0.25, 0.3) is 5.91 Å². The third-order valence-corrected chi connectivity index (χ3v) is 4.93. The van der Waals surface area contributed by atoms with Crippen molar-refractivity contribution in [1.82, 2.24) is 0 Å². The zero-order valence-corrected chi connectivity index (χ0v) is 15.2. The van der Waals surface area contributed by atoms with Crippen LogP contribution in [0.3, 0.4) is 0 Å². The highest BCUT2D eigenvalue weighted by molar-refractivity contribution is 6.31. The fraction of sp³-hybridized carbons (Fsp3) is 0.350. The topological polar surface area (TPSA) is 29.5 Å². The summed E-state index contributed by atoms with van der Waals surface area (Å²) in [5.41, 5.74) is 2.28. The van der Waals surface area contributed by atoms with Crippen molar-refractivity contribution in [3.63, 3.8) is 0 Å². The maximum Gasteiger partial charge on any atom is 0.258 e. The Labute approximate surface area is 148 Å². The fourth-order valence-electron chi connectivity index (χ4n) is 3.72. The van der Waals surface area contributed by atoms with Crippen molar-refractivity contribution >= 4 is 23.2 Å². The minimum atomic E-state index is -0.319. The van der Waals surface area contributed by atoms with E-state index in [1.807, 2.05) is 17.0 Å². The highest BCUT2D eigenvalue weighted by atomic mass is 35.5. The summed E-state index contributed by atoms with van der Waals surface area (Å²) in [6.45, 7) is 6.39. The Morgan fingerprint density at radius 1 is 1.25 bits per heavy atom. The maximum absolute atomic E-state index is 13.3. The molecule has 2 aromatic carbocycles. The van der Waals surface area contributed by atoms with E-state index in [4.69, 9.17) is 16.3 Å². The van der Waals surface area contributed by atoms with Gasteiger partial charge in [0, 0.05) is 16.1 Å². The van der Waals surface area contributed by atoms with E-state index in [-0.39, 0.29) is 11.4 Å². The van der Waals surface area contributed by atoms with Gasteiger partial charge in [0.1, 0.15) is 5.75 Å². The van der Waals surface area contributed by atoms with Crippen molar-refractivity contribution in [3.8, 4) is 5.75 Å². The number of ether oxygens (including phenoxy) is 1. The molecule has 0 aliphatic carbocycles. The number of carbonyl (C=O) groups excluding carboxylic acids is 1. The molecule has 4 heteroatoms. The van der Waals surface area contributed by atoms with Gasteiger partial charge in [-0.3, -0.25) is 9.69 Å². The Bertz CT molecular complexity index is 785. The van der Waals surface area contributed by atoms with Crippen LogP contribution >= 0.6 is 11.6 Å². The predicted octanol–water partition coefficient (Wildman–Crippen LogP) is 5.28. The van der Waals surface area contributed by atoms with Crippen LogP contribution in [0.2, 0.25) is 5.02 Å². The number of anilines is 1. The molecule has 0 aromatic heterocycles. The van der Waals surface area contributed by atoms with Gasteiger partial charge in [-0.15, -0.1) is 0 Å². The Hall–Kier alpha value is -2.00. The molecule has 1 atom stereocenters. The van der Waals surface area contributed by atoms with Crippen LogP contribution < -0.4 is 9.64 Å². The highest BCUT2D eigenvalue weighted by Gasteiger charge is 2.41. The number of hydrogen-bond donors (Lipinski definition) is 0. The second kappa shape index (κ2) is 6.14. The molecule has 3 rings (SSSR count). The van der Waals surface area contributed by atoms with Gasteiger partial charge in [0.2, 0.25) is 0 Å². The summed E-state index contributed by atoms with van der Waals surface area (Å²) >= 11 is 6.09. The third-order valence-electron chi connectivity index (χ3n) is 4.69. The average molecular weight is 344 g/mol. The van der Waals surface area contributed by atoms with Gasteiger partial charge in [-0.05, 0) is 56.0 Å². The molecular formula is C20H22ClNO2. The zero-order chi connectivity index (χ0) is 17.5. The monoisotopic (exact) mass is 343 g/mol. The Morgan fingerprint density at radius 3 is 2.62 bits per heavy atom. The van der Waals surface area contributed by atoms with E-state index in [0.717, 1.165) is 23.4 Å².